The molecule has 0 radical (unpaired) electrons. The summed E-state index contributed by atoms with van der Waals surface area (Å²) < 4.78 is 0. The van der Waals surface area contributed by atoms with Crippen molar-refractivity contribution in [1.29, 1.82) is 0 Å². The lowest BCUT2D eigenvalue weighted by atomic mass is 9.93. The molecular weight excluding hydrogens is 268 g/mol. The molecule has 0 atom stereocenters. The van der Waals surface area contributed by atoms with Crippen LogP contribution >= 0.6 is 0 Å². The number of carboxylic acids is 1. The molecule has 5 heteroatoms. The van der Waals surface area contributed by atoms with E-state index >= 15 is 0 Å². The number of urea groups is 1. The molecule has 2 rings (SSSR count). The molecule has 0 saturated carbocycles. The minimum absolute atomic E-state index is 0.0302. The minimum Gasteiger partial charge on any atom is -0.480 e. The monoisotopic (exact) mass is 290 g/mol. The third-order valence-electron chi connectivity index (χ3n) is 4.36. The Kier molecular flexibility index (Phi) is 4.50. The van der Waals surface area contributed by atoms with Gasteiger partial charge in [0.15, 0.2) is 0 Å². The number of hydrogen-bond donors (Lipinski definition) is 3. The van der Waals surface area contributed by atoms with Gasteiger partial charge in [0.1, 0.15) is 5.54 Å². The lowest BCUT2D eigenvalue weighted by Crippen LogP contribution is -2.57. The molecule has 0 aromatic heterocycles. The highest BCUT2D eigenvalue weighted by molar-refractivity contribution is 5.86. The number of carbonyl (C=O) groups excluding carboxylic acids is 1. The van der Waals surface area contributed by atoms with Gasteiger partial charge in [-0.3, -0.25) is 0 Å². The molecule has 0 fully saturated rings. The zero-order valence-corrected chi connectivity index (χ0v) is 12.5. The molecule has 114 valence electrons. The van der Waals surface area contributed by atoms with Gasteiger partial charge in [-0.05, 0) is 36.8 Å². The number of carboxylic acid groups (broad SMARTS) is 1. The summed E-state index contributed by atoms with van der Waals surface area (Å²) >= 11 is 0. The quantitative estimate of drug-likeness (QED) is 0.777. The van der Waals surface area contributed by atoms with Crippen molar-refractivity contribution in [1.82, 2.24) is 10.6 Å². The van der Waals surface area contributed by atoms with E-state index in [2.05, 4.69) is 22.8 Å². The Morgan fingerprint density at radius 1 is 1.19 bits per heavy atom. The SMILES string of the molecule is CCC(CC)(NC(=O)NC1Cc2ccccc2C1)C(=O)O. The van der Waals surface area contributed by atoms with Crippen molar-refractivity contribution in [3.05, 3.63) is 35.4 Å². The van der Waals surface area contributed by atoms with E-state index in [9.17, 15) is 14.7 Å². The maximum Gasteiger partial charge on any atom is 0.329 e. The first-order valence-electron chi connectivity index (χ1n) is 7.39. The van der Waals surface area contributed by atoms with Crippen LogP contribution in [-0.4, -0.2) is 28.7 Å². The summed E-state index contributed by atoms with van der Waals surface area (Å²) in [7, 11) is 0. The van der Waals surface area contributed by atoms with Crippen LogP contribution in [-0.2, 0) is 17.6 Å². The maximum absolute atomic E-state index is 12.1. The first-order valence-corrected chi connectivity index (χ1v) is 7.39. The van der Waals surface area contributed by atoms with Crippen LogP contribution in [0, 0.1) is 0 Å². The van der Waals surface area contributed by atoms with Gasteiger partial charge in [0.25, 0.3) is 0 Å². The number of aliphatic carboxylic acids is 1. The molecule has 0 unspecified atom stereocenters. The number of amides is 2. The average Bonchev–Trinajstić information content (AvgIpc) is 2.86. The predicted molar refractivity (Wildman–Crippen MR) is 80.3 cm³/mol. The molecule has 0 spiro atoms. The summed E-state index contributed by atoms with van der Waals surface area (Å²) in [5, 5.41) is 14.9. The first kappa shape index (κ1) is 15.4. The topological polar surface area (TPSA) is 78.4 Å². The second-order valence-corrected chi connectivity index (χ2v) is 5.57. The fourth-order valence-electron chi connectivity index (χ4n) is 2.88. The maximum atomic E-state index is 12.1. The molecular formula is C16H22N2O3. The van der Waals surface area contributed by atoms with Crippen LogP contribution in [0.3, 0.4) is 0 Å². The summed E-state index contributed by atoms with van der Waals surface area (Å²) in [5.41, 5.74) is 1.31. The molecule has 1 aromatic carbocycles. The highest BCUT2D eigenvalue weighted by Gasteiger charge is 2.37. The molecule has 1 aliphatic rings. The van der Waals surface area contributed by atoms with Gasteiger partial charge in [0.05, 0.1) is 0 Å². The standard InChI is InChI=1S/C16H22N2O3/c1-3-16(4-2,14(19)20)18-15(21)17-13-9-11-7-5-6-8-12(11)10-13/h5-8,13H,3-4,9-10H2,1-2H3,(H,19,20)(H2,17,18,21). The molecule has 1 aliphatic carbocycles. The van der Waals surface area contributed by atoms with Crippen molar-refractivity contribution in [2.75, 3.05) is 0 Å². The third-order valence-corrected chi connectivity index (χ3v) is 4.36. The number of carbonyl (C=O) groups is 2. The van der Waals surface area contributed by atoms with E-state index in [1.54, 1.807) is 13.8 Å². The molecule has 3 N–H and O–H groups in total. The Hall–Kier alpha value is -2.04. The fourth-order valence-corrected chi connectivity index (χ4v) is 2.88. The highest BCUT2D eigenvalue weighted by Crippen LogP contribution is 2.22. The molecule has 1 aromatic rings. The second-order valence-electron chi connectivity index (χ2n) is 5.57. The van der Waals surface area contributed by atoms with Crippen LogP contribution in [0.2, 0.25) is 0 Å². The molecule has 0 aliphatic heterocycles. The van der Waals surface area contributed by atoms with Gasteiger partial charge < -0.3 is 15.7 Å². The van der Waals surface area contributed by atoms with Crippen LogP contribution in [0.25, 0.3) is 0 Å². The highest BCUT2D eigenvalue weighted by atomic mass is 16.4. The van der Waals surface area contributed by atoms with Gasteiger partial charge in [0.2, 0.25) is 0 Å². The minimum atomic E-state index is -1.18. The Bertz CT molecular complexity index is 513. The van der Waals surface area contributed by atoms with E-state index in [0.717, 1.165) is 12.8 Å². The van der Waals surface area contributed by atoms with Gasteiger partial charge in [-0.25, -0.2) is 9.59 Å². The summed E-state index contributed by atoms with van der Waals surface area (Å²) in [6, 6.07) is 7.74. The lowest BCUT2D eigenvalue weighted by Gasteiger charge is -2.28. The summed E-state index contributed by atoms with van der Waals surface area (Å²) in [6.45, 7) is 3.53. The molecule has 0 saturated heterocycles. The summed E-state index contributed by atoms with van der Waals surface area (Å²) in [4.78, 5) is 23.5. The van der Waals surface area contributed by atoms with Crippen LogP contribution < -0.4 is 10.6 Å². The Balaban J connectivity index is 1.96. The molecule has 0 heterocycles. The van der Waals surface area contributed by atoms with Crippen molar-refractivity contribution in [3.63, 3.8) is 0 Å². The molecule has 0 bridgehead atoms. The molecule has 21 heavy (non-hydrogen) atoms. The zero-order chi connectivity index (χ0) is 15.5. The van der Waals surface area contributed by atoms with E-state index in [1.165, 1.54) is 11.1 Å². The van der Waals surface area contributed by atoms with Crippen LogP contribution in [0.1, 0.15) is 37.8 Å². The third kappa shape index (κ3) is 3.17. The van der Waals surface area contributed by atoms with Crippen LogP contribution in [0.5, 0.6) is 0 Å². The largest absolute Gasteiger partial charge is 0.480 e. The number of benzene rings is 1. The van der Waals surface area contributed by atoms with E-state index in [-0.39, 0.29) is 6.04 Å². The Labute approximate surface area is 124 Å². The first-order chi connectivity index (χ1) is 10.0. The van der Waals surface area contributed by atoms with E-state index < -0.39 is 17.5 Å². The predicted octanol–water partition coefficient (Wildman–Crippen LogP) is 2.10. The van der Waals surface area contributed by atoms with Crippen molar-refractivity contribution >= 4 is 12.0 Å². The Morgan fingerprint density at radius 3 is 2.14 bits per heavy atom. The average molecular weight is 290 g/mol. The number of hydrogen-bond acceptors (Lipinski definition) is 2. The van der Waals surface area contributed by atoms with Crippen LogP contribution in [0.4, 0.5) is 4.79 Å². The van der Waals surface area contributed by atoms with Crippen molar-refractivity contribution in [3.8, 4) is 0 Å². The number of rotatable bonds is 5. The zero-order valence-electron chi connectivity index (χ0n) is 12.5. The number of nitrogens with one attached hydrogen (secondary N) is 2. The Morgan fingerprint density at radius 2 is 1.71 bits per heavy atom. The lowest BCUT2D eigenvalue weighted by molar-refractivity contribution is -0.144. The van der Waals surface area contributed by atoms with Crippen LogP contribution in [0.15, 0.2) is 24.3 Å². The van der Waals surface area contributed by atoms with Crippen molar-refractivity contribution < 1.29 is 14.7 Å². The molecule has 5 nitrogen and oxygen atoms in total. The van der Waals surface area contributed by atoms with E-state index in [0.29, 0.717) is 12.8 Å². The van der Waals surface area contributed by atoms with E-state index in [1.807, 2.05) is 12.1 Å². The fraction of sp³-hybridized carbons (Fsp3) is 0.500. The van der Waals surface area contributed by atoms with E-state index in [4.69, 9.17) is 0 Å². The van der Waals surface area contributed by atoms with Gasteiger partial charge in [-0.15, -0.1) is 0 Å². The summed E-state index contributed by atoms with van der Waals surface area (Å²) in [6.07, 6.45) is 2.30. The smallest absolute Gasteiger partial charge is 0.329 e. The van der Waals surface area contributed by atoms with Crippen molar-refractivity contribution in [2.24, 2.45) is 0 Å². The van der Waals surface area contributed by atoms with Gasteiger partial charge in [-0.1, -0.05) is 38.1 Å². The van der Waals surface area contributed by atoms with Gasteiger partial charge >= 0.3 is 12.0 Å². The molecule has 2 amide bonds. The second kappa shape index (κ2) is 6.16. The number of fused-ring (bicyclic) bond motifs is 1. The van der Waals surface area contributed by atoms with Gasteiger partial charge in [0, 0.05) is 6.04 Å². The normalized spacial score (nSPS) is 14.6. The van der Waals surface area contributed by atoms with Crippen molar-refractivity contribution in [2.45, 2.75) is 51.1 Å². The van der Waals surface area contributed by atoms with Gasteiger partial charge in [-0.2, -0.15) is 0 Å². The summed E-state index contributed by atoms with van der Waals surface area (Å²) in [5.74, 6) is -0.989.